The van der Waals surface area contributed by atoms with E-state index in [0.29, 0.717) is 5.69 Å². The summed E-state index contributed by atoms with van der Waals surface area (Å²) in [6.45, 7) is 0. The van der Waals surface area contributed by atoms with E-state index in [4.69, 9.17) is 5.73 Å². The molecule has 2 nitrogen and oxygen atoms in total. The van der Waals surface area contributed by atoms with Crippen LogP contribution >= 0.6 is 0 Å². The second kappa shape index (κ2) is 4.14. The smallest absolute Gasteiger partial charge is 0.160 e. The molecule has 0 heterocycles. The van der Waals surface area contributed by atoms with Crippen molar-refractivity contribution in [1.29, 1.82) is 0 Å². The largest absolute Gasteiger partial charge is 0.381 e. The van der Waals surface area contributed by atoms with E-state index in [1.807, 2.05) is 0 Å². The minimum absolute atomic E-state index is 0.109. The van der Waals surface area contributed by atoms with Crippen molar-refractivity contribution in [2.45, 2.75) is 31.3 Å². The Balaban J connectivity index is 2.07. The van der Waals surface area contributed by atoms with Gasteiger partial charge in [-0.25, -0.2) is 8.78 Å². The zero-order valence-electron chi connectivity index (χ0n) is 8.34. The van der Waals surface area contributed by atoms with Crippen molar-refractivity contribution in [3.8, 4) is 0 Å². The highest BCUT2D eigenvalue weighted by Crippen LogP contribution is 2.22. The molecule has 3 N–H and O–H groups in total. The number of benzene rings is 1. The molecule has 82 valence electrons. The zero-order chi connectivity index (χ0) is 10.8. The lowest BCUT2D eigenvalue weighted by molar-refractivity contribution is 0.508. The van der Waals surface area contributed by atoms with Crippen molar-refractivity contribution in [3.63, 3.8) is 0 Å². The molecule has 0 unspecified atom stereocenters. The van der Waals surface area contributed by atoms with Gasteiger partial charge in [-0.15, -0.1) is 0 Å². The van der Waals surface area contributed by atoms with Gasteiger partial charge in [0.2, 0.25) is 0 Å². The molecule has 0 aromatic heterocycles. The molecule has 0 spiro atoms. The van der Waals surface area contributed by atoms with Crippen LogP contribution in [0.4, 0.5) is 14.5 Å². The summed E-state index contributed by atoms with van der Waals surface area (Å²) in [4.78, 5) is 0. The van der Waals surface area contributed by atoms with Crippen molar-refractivity contribution in [1.82, 2.24) is 0 Å². The predicted octanol–water partition coefficient (Wildman–Crippen LogP) is 2.26. The van der Waals surface area contributed by atoms with Crippen LogP contribution in [0.25, 0.3) is 0 Å². The van der Waals surface area contributed by atoms with Crippen LogP contribution in [-0.2, 0) is 0 Å². The lowest BCUT2D eigenvalue weighted by Gasteiger charge is -2.18. The van der Waals surface area contributed by atoms with Gasteiger partial charge >= 0.3 is 0 Å². The van der Waals surface area contributed by atoms with Gasteiger partial charge in [0.25, 0.3) is 0 Å². The maximum Gasteiger partial charge on any atom is 0.160 e. The molecule has 0 bridgehead atoms. The van der Waals surface area contributed by atoms with Crippen LogP contribution in [0.1, 0.15) is 19.3 Å². The fourth-order valence-corrected chi connectivity index (χ4v) is 1.97. The minimum atomic E-state index is -0.827. The van der Waals surface area contributed by atoms with E-state index in [1.54, 1.807) is 0 Å². The Morgan fingerprint density at radius 2 is 2.00 bits per heavy atom. The van der Waals surface area contributed by atoms with E-state index < -0.39 is 11.6 Å². The van der Waals surface area contributed by atoms with Crippen molar-refractivity contribution in [2.75, 3.05) is 5.32 Å². The molecule has 1 aliphatic rings. The second-order valence-corrected chi connectivity index (χ2v) is 3.97. The Kier molecular flexibility index (Phi) is 2.86. The maximum atomic E-state index is 12.9. The van der Waals surface area contributed by atoms with Crippen molar-refractivity contribution in [2.24, 2.45) is 5.73 Å². The number of anilines is 1. The third-order valence-corrected chi connectivity index (χ3v) is 2.84. The Labute approximate surface area is 87.5 Å². The Bertz CT molecular complexity index is 354. The summed E-state index contributed by atoms with van der Waals surface area (Å²) in [7, 11) is 0. The van der Waals surface area contributed by atoms with Crippen LogP contribution in [0.15, 0.2) is 18.2 Å². The van der Waals surface area contributed by atoms with E-state index in [9.17, 15) is 8.78 Å². The van der Waals surface area contributed by atoms with Gasteiger partial charge in [0.05, 0.1) is 0 Å². The van der Waals surface area contributed by atoms with Gasteiger partial charge in [-0.2, -0.15) is 0 Å². The highest BCUT2D eigenvalue weighted by Gasteiger charge is 2.23. The first-order chi connectivity index (χ1) is 7.16. The van der Waals surface area contributed by atoms with E-state index in [-0.39, 0.29) is 12.1 Å². The quantitative estimate of drug-likeness (QED) is 0.789. The topological polar surface area (TPSA) is 38.0 Å². The summed E-state index contributed by atoms with van der Waals surface area (Å²) in [6.07, 6.45) is 3.06. The standard InChI is InChI=1S/C11H14F2N2/c12-8-5-4-7(6-9(8)13)15-11-3-1-2-10(11)14/h4-6,10-11,15H,1-3,14H2/t10-,11-/m1/s1. The van der Waals surface area contributed by atoms with Gasteiger partial charge in [-0.3, -0.25) is 0 Å². The first-order valence-corrected chi connectivity index (χ1v) is 5.14. The van der Waals surface area contributed by atoms with Crippen LogP contribution in [0.5, 0.6) is 0 Å². The monoisotopic (exact) mass is 212 g/mol. The van der Waals surface area contributed by atoms with Gasteiger partial charge < -0.3 is 11.1 Å². The van der Waals surface area contributed by atoms with Crippen LogP contribution in [0, 0.1) is 11.6 Å². The number of nitrogens with two attached hydrogens (primary N) is 1. The van der Waals surface area contributed by atoms with Gasteiger partial charge in [0.1, 0.15) is 0 Å². The first-order valence-electron chi connectivity index (χ1n) is 5.14. The molecule has 0 saturated heterocycles. The Morgan fingerprint density at radius 1 is 1.20 bits per heavy atom. The molecule has 2 atom stereocenters. The summed E-state index contributed by atoms with van der Waals surface area (Å²) in [5.41, 5.74) is 6.46. The molecule has 4 heteroatoms. The number of hydrogen-bond donors (Lipinski definition) is 2. The minimum Gasteiger partial charge on any atom is -0.381 e. The fourth-order valence-electron chi connectivity index (χ4n) is 1.97. The average molecular weight is 212 g/mol. The summed E-state index contributed by atoms with van der Waals surface area (Å²) in [5.74, 6) is -1.65. The van der Waals surface area contributed by atoms with Crippen molar-refractivity contribution >= 4 is 5.69 Å². The first kappa shape index (κ1) is 10.4. The Morgan fingerprint density at radius 3 is 2.60 bits per heavy atom. The summed E-state index contributed by atoms with van der Waals surface area (Å²) in [6, 6.07) is 4.11. The van der Waals surface area contributed by atoms with E-state index in [0.717, 1.165) is 25.3 Å². The zero-order valence-corrected chi connectivity index (χ0v) is 8.34. The SMILES string of the molecule is N[C@@H]1CCC[C@H]1Nc1ccc(F)c(F)c1. The highest BCUT2D eigenvalue weighted by molar-refractivity contribution is 5.45. The second-order valence-electron chi connectivity index (χ2n) is 3.97. The summed E-state index contributed by atoms with van der Waals surface area (Å²) in [5, 5.41) is 3.13. The third-order valence-electron chi connectivity index (χ3n) is 2.84. The number of hydrogen-bond acceptors (Lipinski definition) is 2. The van der Waals surface area contributed by atoms with Gasteiger partial charge in [0, 0.05) is 23.8 Å². The van der Waals surface area contributed by atoms with E-state index >= 15 is 0 Å². The normalized spacial score (nSPS) is 25.5. The molecule has 0 amide bonds. The van der Waals surface area contributed by atoms with Crippen LogP contribution in [-0.4, -0.2) is 12.1 Å². The highest BCUT2D eigenvalue weighted by atomic mass is 19.2. The molecule has 1 aromatic carbocycles. The van der Waals surface area contributed by atoms with Crippen LogP contribution in [0.3, 0.4) is 0 Å². The van der Waals surface area contributed by atoms with Gasteiger partial charge in [-0.1, -0.05) is 0 Å². The van der Waals surface area contributed by atoms with Gasteiger partial charge in [-0.05, 0) is 31.4 Å². The molecule has 0 radical (unpaired) electrons. The van der Waals surface area contributed by atoms with E-state index in [1.165, 1.54) is 12.1 Å². The van der Waals surface area contributed by atoms with Gasteiger partial charge in [0.15, 0.2) is 11.6 Å². The molecule has 1 fully saturated rings. The lowest BCUT2D eigenvalue weighted by Crippen LogP contribution is -2.35. The average Bonchev–Trinajstić information content (AvgIpc) is 2.59. The fraction of sp³-hybridized carbons (Fsp3) is 0.455. The summed E-state index contributed by atoms with van der Waals surface area (Å²) >= 11 is 0. The number of rotatable bonds is 2. The van der Waals surface area contributed by atoms with Crippen LogP contribution in [0.2, 0.25) is 0 Å². The Hall–Kier alpha value is -1.16. The van der Waals surface area contributed by atoms with Crippen molar-refractivity contribution < 1.29 is 8.78 Å². The van der Waals surface area contributed by atoms with Crippen molar-refractivity contribution in [3.05, 3.63) is 29.8 Å². The number of nitrogens with one attached hydrogen (secondary N) is 1. The molecule has 0 aliphatic heterocycles. The lowest BCUT2D eigenvalue weighted by atomic mass is 10.1. The molecule has 1 aromatic rings. The molecule has 1 aliphatic carbocycles. The molecular weight excluding hydrogens is 198 g/mol. The number of halogens is 2. The summed E-state index contributed by atoms with van der Waals surface area (Å²) < 4.78 is 25.6. The van der Waals surface area contributed by atoms with E-state index in [2.05, 4.69) is 5.32 Å². The molecule has 2 rings (SSSR count). The third kappa shape index (κ3) is 2.26. The molecule has 1 saturated carbocycles. The van der Waals surface area contributed by atoms with Crippen LogP contribution < -0.4 is 11.1 Å². The maximum absolute atomic E-state index is 12.9. The molecule has 15 heavy (non-hydrogen) atoms. The molecular formula is C11H14F2N2. The predicted molar refractivity (Wildman–Crippen MR) is 55.6 cm³/mol.